The summed E-state index contributed by atoms with van der Waals surface area (Å²) in [6, 6.07) is 88.5. The molecule has 9 aromatic carbocycles. The van der Waals surface area contributed by atoms with Crippen LogP contribution in [0.3, 0.4) is 0 Å². The molecule has 63 heavy (non-hydrogen) atoms. The summed E-state index contributed by atoms with van der Waals surface area (Å²) in [6.07, 6.45) is 8.16. The summed E-state index contributed by atoms with van der Waals surface area (Å²) >= 11 is 0. The minimum atomic E-state index is -3.28. The first-order chi connectivity index (χ1) is 31.2. The Kier molecular flexibility index (Phi) is 11.3. The first kappa shape index (κ1) is 39.8. The molecule has 0 saturated carbocycles. The summed E-state index contributed by atoms with van der Waals surface area (Å²) < 4.78 is 0. The van der Waals surface area contributed by atoms with Crippen LogP contribution >= 0.6 is 0 Å². The average Bonchev–Trinajstić information content (AvgIpc) is 3.84. The standard InChI is InChI=1S/C62H50Si/c1-2-22-52-35-21-36-62(52)63(59-40-53(46-23-9-3-10-24-46)37-54(41-59)47-25-11-4-12-26-47,60-42-55(48-27-13-5-14-28-48)38-56(43-60)49-29-15-6-16-30-49)61-44-57(50-31-17-7-18-32-50)39-58(45-61)51-33-19-8-20-34-51/h3-20,23-45H,2,21-22H2,1H3. The van der Waals surface area contributed by atoms with Gasteiger partial charge in [-0.05, 0) is 119 Å². The SMILES string of the molecule is CCCC1=CCC=C1[Si](c1cc(-c2ccccc2)cc(-c2ccccc2)c1)(c1cc(-c2ccccc2)cc(-c2ccccc2)c1)c1cc(-c2ccccc2)cc(-c2ccccc2)c1. The van der Waals surface area contributed by atoms with Crippen molar-refractivity contribution in [1.29, 1.82) is 0 Å². The number of rotatable bonds is 12. The molecule has 10 rings (SSSR count). The highest BCUT2D eigenvalue weighted by Gasteiger charge is 2.46. The minimum Gasteiger partial charge on any atom is -0.0801 e. The van der Waals surface area contributed by atoms with Gasteiger partial charge in [0, 0.05) is 0 Å². The summed E-state index contributed by atoms with van der Waals surface area (Å²) in [5.74, 6) is 0. The zero-order valence-electron chi connectivity index (χ0n) is 35.8. The fraction of sp³-hybridized carbons (Fsp3) is 0.0645. The monoisotopic (exact) mass is 822 g/mol. The largest absolute Gasteiger partial charge is 0.179 e. The molecule has 302 valence electrons. The van der Waals surface area contributed by atoms with Crippen LogP contribution in [0, 0.1) is 0 Å². The molecule has 0 amide bonds. The molecule has 0 atom stereocenters. The van der Waals surface area contributed by atoms with Crippen molar-refractivity contribution in [3.05, 3.63) is 260 Å². The molecule has 0 spiro atoms. The maximum absolute atomic E-state index is 3.28. The molecule has 0 fully saturated rings. The molecule has 1 heteroatoms. The molecule has 1 aliphatic rings. The molecule has 0 radical (unpaired) electrons. The second-order valence-corrected chi connectivity index (χ2v) is 20.4. The molecule has 0 bridgehead atoms. The van der Waals surface area contributed by atoms with Gasteiger partial charge in [0.15, 0.2) is 8.07 Å². The molecule has 0 unspecified atom stereocenters. The van der Waals surface area contributed by atoms with Gasteiger partial charge in [-0.25, -0.2) is 0 Å². The Hall–Kier alpha value is -7.32. The number of hydrogen-bond donors (Lipinski definition) is 0. The topological polar surface area (TPSA) is 0 Å². The Morgan fingerprint density at radius 1 is 0.302 bits per heavy atom. The van der Waals surface area contributed by atoms with E-state index in [4.69, 9.17) is 0 Å². The summed E-state index contributed by atoms with van der Waals surface area (Å²) in [5.41, 5.74) is 16.2. The number of hydrogen-bond acceptors (Lipinski definition) is 0. The predicted molar refractivity (Wildman–Crippen MR) is 272 cm³/mol. The van der Waals surface area contributed by atoms with Crippen molar-refractivity contribution in [2.24, 2.45) is 0 Å². The lowest BCUT2D eigenvalue weighted by molar-refractivity contribution is 0.923. The van der Waals surface area contributed by atoms with Gasteiger partial charge < -0.3 is 0 Å². The molecule has 0 saturated heterocycles. The van der Waals surface area contributed by atoms with E-state index in [1.807, 2.05) is 0 Å². The zero-order valence-corrected chi connectivity index (χ0v) is 36.8. The van der Waals surface area contributed by atoms with E-state index in [-0.39, 0.29) is 0 Å². The van der Waals surface area contributed by atoms with Crippen LogP contribution in [-0.2, 0) is 0 Å². The summed E-state index contributed by atoms with van der Waals surface area (Å²) in [6.45, 7) is 2.33. The average molecular weight is 823 g/mol. The first-order valence-electron chi connectivity index (χ1n) is 22.4. The predicted octanol–water partition coefficient (Wildman–Crippen LogP) is 14.8. The molecular formula is C62H50Si. The van der Waals surface area contributed by atoms with E-state index in [0.717, 1.165) is 19.3 Å². The molecular weight excluding hydrogens is 773 g/mol. The van der Waals surface area contributed by atoms with Gasteiger partial charge in [-0.1, -0.05) is 249 Å². The van der Waals surface area contributed by atoms with E-state index in [9.17, 15) is 0 Å². The highest BCUT2D eigenvalue weighted by atomic mass is 28.3. The van der Waals surface area contributed by atoms with Crippen LogP contribution in [-0.4, -0.2) is 8.07 Å². The second kappa shape index (κ2) is 18.0. The van der Waals surface area contributed by atoms with Gasteiger partial charge in [-0.15, -0.1) is 0 Å². The van der Waals surface area contributed by atoms with Crippen molar-refractivity contribution in [3.8, 4) is 66.8 Å². The highest BCUT2D eigenvalue weighted by Crippen LogP contribution is 2.38. The maximum Gasteiger partial charge on any atom is 0.179 e. The van der Waals surface area contributed by atoms with Crippen LogP contribution in [0.25, 0.3) is 66.8 Å². The quantitative estimate of drug-likeness (QED) is 0.0851. The molecule has 0 nitrogen and oxygen atoms in total. The molecule has 0 aromatic heterocycles. The van der Waals surface area contributed by atoms with E-state index < -0.39 is 8.07 Å². The minimum absolute atomic E-state index is 0.928. The molecule has 1 aliphatic carbocycles. The van der Waals surface area contributed by atoms with Gasteiger partial charge in [0.2, 0.25) is 0 Å². The molecule has 0 heterocycles. The van der Waals surface area contributed by atoms with Crippen LogP contribution in [0.1, 0.15) is 26.2 Å². The van der Waals surface area contributed by atoms with Gasteiger partial charge in [0.1, 0.15) is 0 Å². The smallest absolute Gasteiger partial charge is 0.0801 e. The lowest BCUT2D eigenvalue weighted by Gasteiger charge is -2.38. The van der Waals surface area contributed by atoms with Crippen molar-refractivity contribution < 1.29 is 0 Å². The normalized spacial score (nSPS) is 12.5. The summed E-state index contributed by atoms with van der Waals surface area (Å²) in [7, 11) is -3.28. The van der Waals surface area contributed by atoms with Gasteiger partial charge in [-0.2, -0.15) is 0 Å². The summed E-state index contributed by atoms with van der Waals surface area (Å²) in [5, 5.41) is 5.64. The van der Waals surface area contributed by atoms with Crippen LogP contribution in [0.2, 0.25) is 0 Å². The van der Waals surface area contributed by atoms with E-state index in [1.165, 1.54) is 93.1 Å². The van der Waals surface area contributed by atoms with Crippen LogP contribution in [0.4, 0.5) is 0 Å². The Labute approximate surface area is 374 Å². The van der Waals surface area contributed by atoms with E-state index in [0.29, 0.717) is 0 Å². The fourth-order valence-corrected chi connectivity index (χ4v) is 15.0. The lowest BCUT2D eigenvalue weighted by atomic mass is 9.98. The van der Waals surface area contributed by atoms with E-state index in [1.54, 1.807) is 0 Å². The van der Waals surface area contributed by atoms with Crippen molar-refractivity contribution >= 4 is 23.6 Å². The Balaban J connectivity index is 1.41. The highest BCUT2D eigenvalue weighted by molar-refractivity contribution is 7.17. The molecule has 0 N–H and O–H groups in total. The zero-order chi connectivity index (χ0) is 42.4. The van der Waals surface area contributed by atoms with Crippen LogP contribution in [0.15, 0.2) is 260 Å². The van der Waals surface area contributed by atoms with E-state index in [2.05, 4.69) is 256 Å². The van der Waals surface area contributed by atoms with Crippen LogP contribution < -0.4 is 15.6 Å². The van der Waals surface area contributed by atoms with Crippen molar-refractivity contribution in [3.63, 3.8) is 0 Å². The number of allylic oxidation sites excluding steroid dienone is 4. The Morgan fingerprint density at radius 2 is 0.556 bits per heavy atom. The van der Waals surface area contributed by atoms with Crippen molar-refractivity contribution in [1.82, 2.24) is 0 Å². The Bertz CT molecular complexity index is 2560. The molecule has 0 aliphatic heterocycles. The Morgan fingerprint density at radius 3 is 0.794 bits per heavy atom. The second-order valence-electron chi connectivity index (χ2n) is 16.7. The van der Waals surface area contributed by atoms with E-state index >= 15 is 0 Å². The third kappa shape index (κ3) is 8.00. The van der Waals surface area contributed by atoms with Gasteiger partial charge in [-0.3, -0.25) is 0 Å². The third-order valence-corrected chi connectivity index (χ3v) is 17.5. The van der Waals surface area contributed by atoms with Gasteiger partial charge >= 0.3 is 0 Å². The molecule has 9 aromatic rings. The fourth-order valence-electron chi connectivity index (χ4n) is 9.74. The van der Waals surface area contributed by atoms with Gasteiger partial charge in [0.25, 0.3) is 0 Å². The van der Waals surface area contributed by atoms with Crippen molar-refractivity contribution in [2.75, 3.05) is 0 Å². The van der Waals surface area contributed by atoms with Crippen molar-refractivity contribution in [2.45, 2.75) is 26.2 Å². The summed E-state index contributed by atoms with van der Waals surface area (Å²) in [4.78, 5) is 0. The first-order valence-corrected chi connectivity index (χ1v) is 24.4. The lowest BCUT2D eigenvalue weighted by Crippen LogP contribution is -2.69. The number of benzene rings is 9. The van der Waals surface area contributed by atoms with Gasteiger partial charge in [0.05, 0.1) is 0 Å². The maximum atomic E-state index is 2.60. The third-order valence-electron chi connectivity index (χ3n) is 12.7. The van der Waals surface area contributed by atoms with Crippen LogP contribution in [0.5, 0.6) is 0 Å².